The van der Waals surface area contributed by atoms with Crippen LogP contribution in [-0.2, 0) is 20.8 Å². The summed E-state index contributed by atoms with van der Waals surface area (Å²) in [6, 6.07) is 4.09. The van der Waals surface area contributed by atoms with E-state index in [1.165, 1.54) is 0 Å². The number of aliphatic carboxylic acids is 1. The predicted octanol–water partition coefficient (Wildman–Crippen LogP) is 1.56. The molecule has 1 aromatic rings. The van der Waals surface area contributed by atoms with Gasteiger partial charge in [-0.05, 0) is 43.5 Å². The second kappa shape index (κ2) is 8.50. The average Bonchev–Trinajstić information content (AvgIpc) is 2.99. The minimum Gasteiger partial charge on any atom is -0.493 e. The highest BCUT2D eigenvalue weighted by Gasteiger charge is 2.24. The molecule has 1 aromatic carbocycles. The van der Waals surface area contributed by atoms with Crippen molar-refractivity contribution in [2.45, 2.75) is 51.6 Å². The number of hydrogen-bond acceptors (Lipinski definition) is 4. The number of carbonyl (C=O) groups excluding carboxylic acids is 2. The smallest absolute Gasteiger partial charge is 0.330 e. The summed E-state index contributed by atoms with van der Waals surface area (Å²) in [5.41, 5.74) is 1.46. The first-order valence-electron chi connectivity index (χ1n) is 8.44. The Kier molecular flexibility index (Phi) is 6.38. The lowest BCUT2D eigenvalue weighted by Crippen LogP contribution is -2.34. The first kappa shape index (κ1) is 18.8. The van der Waals surface area contributed by atoms with Gasteiger partial charge in [0.05, 0.1) is 6.61 Å². The van der Waals surface area contributed by atoms with E-state index in [-0.39, 0.29) is 30.7 Å². The SMILES string of the molecule is CC(C)NC(=O)CCCC(=O)NC(C(=O)O)c1ccc2c(c1)CCO2. The van der Waals surface area contributed by atoms with Gasteiger partial charge in [0.2, 0.25) is 11.8 Å². The normalized spacial score (nSPS) is 13.7. The molecule has 3 N–H and O–H groups in total. The van der Waals surface area contributed by atoms with Crippen LogP contribution >= 0.6 is 0 Å². The van der Waals surface area contributed by atoms with Crippen LogP contribution < -0.4 is 15.4 Å². The molecule has 7 heteroatoms. The third-order valence-electron chi connectivity index (χ3n) is 3.86. The summed E-state index contributed by atoms with van der Waals surface area (Å²) >= 11 is 0. The number of rotatable bonds is 8. The molecular formula is C18H24N2O5. The van der Waals surface area contributed by atoms with Crippen molar-refractivity contribution in [2.24, 2.45) is 0 Å². The second-order valence-electron chi connectivity index (χ2n) is 6.38. The summed E-state index contributed by atoms with van der Waals surface area (Å²) in [5, 5.41) is 14.7. The monoisotopic (exact) mass is 348 g/mol. The van der Waals surface area contributed by atoms with Crippen molar-refractivity contribution >= 4 is 17.8 Å². The van der Waals surface area contributed by atoms with Gasteiger partial charge < -0.3 is 20.5 Å². The summed E-state index contributed by atoms with van der Waals surface area (Å²) < 4.78 is 5.41. The number of carbonyl (C=O) groups is 3. The Balaban J connectivity index is 1.90. The van der Waals surface area contributed by atoms with Crippen LogP contribution in [0.1, 0.15) is 50.3 Å². The lowest BCUT2D eigenvalue weighted by molar-refractivity contribution is -0.142. The van der Waals surface area contributed by atoms with Gasteiger partial charge >= 0.3 is 5.97 Å². The zero-order valence-electron chi connectivity index (χ0n) is 14.5. The molecule has 0 saturated heterocycles. The van der Waals surface area contributed by atoms with Crippen LogP contribution in [0.2, 0.25) is 0 Å². The Bertz CT molecular complexity index is 657. The molecule has 0 fully saturated rings. The summed E-state index contributed by atoms with van der Waals surface area (Å²) in [5.74, 6) is -0.863. The van der Waals surface area contributed by atoms with Crippen LogP contribution in [0, 0.1) is 0 Å². The molecule has 2 rings (SSSR count). The fourth-order valence-electron chi connectivity index (χ4n) is 2.71. The topological polar surface area (TPSA) is 105 Å². The van der Waals surface area contributed by atoms with Gasteiger partial charge in [-0.2, -0.15) is 0 Å². The standard InChI is InChI=1S/C18H24N2O5/c1-11(2)19-15(21)4-3-5-16(22)20-17(18(23)24)13-6-7-14-12(10-13)8-9-25-14/h6-7,10-11,17H,3-5,8-9H2,1-2H3,(H,19,21)(H,20,22)(H,23,24). The van der Waals surface area contributed by atoms with Crippen molar-refractivity contribution in [3.8, 4) is 5.75 Å². The summed E-state index contributed by atoms with van der Waals surface area (Å²) in [6.07, 6.45) is 1.44. The first-order chi connectivity index (χ1) is 11.9. The van der Waals surface area contributed by atoms with E-state index in [2.05, 4.69) is 10.6 Å². The fourth-order valence-corrected chi connectivity index (χ4v) is 2.71. The Morgan fingerprint density at radius 3 is 2.48 bits per heavy atom. The maximum atomic E-state index is 12.0. The van der Waals surface area contributed by atoms with Crippen LogP contribution in [0.15, 0.2) is 18.2 Å². The van der Waals surface area contributed by atoms with Crippen molar-refractivity contribution in [3.63, 3.8) is 0 Å². The first-order valence-corrected chi connectivity index (χ1v) is 8.44. The minimum atomic E-state index is -1.12. The van der Waals surface area contributed by atoms with Gasteiger partial charge in [0.25, 0.3) is 0 Å². The van der Waals surface area contributed by atoms with Gasteiger partial charge in [0, 0.05) is 25.3 Å². The molecule has 7 nitrogen and oxygen atoms in total. The third-order valence-corrected chi connectivity index (χ3v) is 3.86. The predicted molar refractivity (Wildman–Crippen MR) is 91.3 cm³/mol. The molecule has 0 aliphatic carbocycles. The lowest BCUT2D eigenvalue weighted by Gasteiger charge is -2.16. The summed E-state index contributed by atoms with van der Waals surface area (Å²) in [7, 11) is 0. The highest BCUT2D eigenvalue weighted by Crippen LogP contribution is 2.28. The van der Waals surface area contributed by atoms with E-state index < -0.39 is 12.0 Å². The molecule has 0 aromatic heterocycles. The molecule has 136 valence electrons. The maximum Gasteiger partial charge on any atom is 0.330 e. The van der Waals surface area contributed by atoms with E-state index in [4.69, 9.17) is 4.74 Å². The Morgan fingerprint density at radius 1 is 1.16 bits per heavy atom. The molecule has 0 saturated carbocycles. The number of carboxylic acid groups (broad SMARTS) is 1. The van der Waals surface area contributed by atoms with Crippen molar-refractivity contribution in [1.29, 1.82) is 0 Å². The van der Waals surface area contributed by atoms with Crippen LogP contribution in [-0.4, -0.2) is 35.5 Å². The number of ether oxygens (including phenoxy) is 1. The minimum absolute atomic E-state index is 0.0569. The van der Waals surface area contributed by atoms with E-state index in [9.17, 15) is 19.5 Å². The molecular weight excluding hydrogens is 324 g/mol. The molecule has 0 spiro atoms. The van der Waals surface area contributed by atoms with Crippen molar-refractivity contribution < 1.29 is 24.2 Å². The van der Waals surface area contributed by atoms with E-state index in [1.54, 1.807) is 18.2 Å². The van der Waals surface area contributed by atoms with Crippen molar-refractivity contribution in [3.05, 3.63) is 29.3 Å². The van der Waals surface area contributed by atoms with E-state index in [0.29, 0.717) is 18.6 Å². The van der Waals surface area contributed by atoms with Gasteiger partial charge in [-0.3, -0.25) is 9.59 Å². The quantitative estimate of drug-likeness (QED) is 0.661. The van der Waals surface area contributed by atoms with Crippen LogP contribution in [0.25, 0.3) is 0 Å². The Morgan fingerprint density at radius 2 is 1.84 bits per heavy atom. The number of benzene rings is 1. The van der Waals surface area contributed by atoms with E-state index in [1.807, 2.05) is 13.8 Å². The molecule has 1 unspecified atom stereocenters. The third kappa shape index (κ3) is 5.48. The molecule has 1 aliphatic rings. The maximum absolute atomic E-state index is 12.0. The van der Waals surface area contributed by atoms with Gasteiger partial charge in [0.15, 0.2) is 6.04 Å². The number of amides is 2. The highest BCUT2D eigenvalue weighted by molar-refractivity contribution is 5.85. The number of fused-ring (bicyclic) bond motifs is 1. The number of nitrogens with one attached hydrogen (secondary N) is 2. The van der Waals surface area contributed by atoms with Gasteiger partial charge in [-0.25, -0.2) is 4.79 Å². The lowest BCUT2D eigenvalue weighted by atomic mass is 10.0. The van der Waals surface area contributed by atoms with Crippen LogP contribution in [0.5, 0.6) is 5.75 Å². The molecule has 1 atom stereocenters. The molecule has 2 amide bonds. The zero-order valence-corrected chi connectivity index (χ0v) is 14.5. The number of carboxylic acids is 1. The summed E-state index contributed by atoms with van der Waals surface area (Å²) in [6.45, 7) is 4.31. The average molecular weight is 348 g/mol. The molecule has 0 bridgehead atoms. The van der Waals surface area contributed by atoms with Gasteiger partial charge in [0.1, 0.15) is 5.75 Å². The Hall–Kier alpha value is -2.57. The number of hydrogen-bond donors (Lipinski definition) is 3. The molecule has 1 aliphatic heterocycles. The molecule has 1 heterocycles. The molecule has 25 heavy (non-hydrogen) atoms. The largest absolute Gasteiger partial charge is 0.493 e. The fraction of sp³-hybridized carbons (Fsp3) is 0.500. The second-order valence-corrected chi connectivity index (χ2v) is 6.38. The summed E-state index contributed by atoms with van der Waals surface area (Å²) in [4.78, 5) is 35.1. The molecule has 0 radical (unpaired) electrons. The van der Waals surface area contributed by atoms with Gasteiger partial charge in [-0.15, -0.1) is 0 Å². The van der Waals surface area contributed by atoms with Crippen LogP contribution in [0.3, 0.4) is 0 Å². The zero-order chi connectivity index (χ0) is 18.4. The van der Waals surface area contributed by atoms with Crippen molar-refractivity contribution in [2.75, 3.05) is 6.61 Å². The van der Waals surface area contributed by atoms with E-state index >= 15 is 0 Å². The Labute approximate surface area is 146 Å². The van der Waals surface area contributed by atoms with Gasteiger partial charge in [-0.1, -0.05) is 6.07 Å². The van der Waals surface area contributed by atoms with Crippen molar-refractivity contribution in [1.82, 2.24) is 10.6 Å². The van der Waals surface area contributed by atoms with E-state index in [0.717, 1.165) is 17.7 Å². The van der Waals surface area contributed by atoms with Crippen LogP contribution in [0.4, 0.5) is 0 Å². The highest BCUT2D eigenvalue weighted by atomic mass is 16.5.